The van der Waals surface area contributed by atoms with E-state index < -0.39 is 0 Å². The van der Waals surface area contributed by atoms with E-state index in [0.29, 0.717) is 12.0 Å². The summed E-state index contributed by atoms with van der Waals surface area (Å²) < 4.78 is 11.9. The Bertz CT molecular complexity index is 965. The van der Waals surface area contributed by atoms with Crippen LogP contribution in [0.5, 0.6) is 5.88 Å². The second kappa shape index (κ2) is 9.24. The molecule has 6 nitrogen and oxygen atoms in total. The molecule has 3 aromatic heterocycles. The van der Waals surface area contributed by atoms with Crippen LogP contribution < -0.4 is 4.74 Å². The molecule has 1 atom stereocenters. The fourth-order valence-electron chi connectivity index (χ4n) is 4.93. The first-order valence-corrected chi connectivity index (χ1v) is 11.5. The summed E-state index contributed by atoms with van der Waals surface area (Å²) in [5.74, 6) is 2.12. The van der Waals surface area contributed by atoms with Gasteiger partial charge < -0.3 is 14.1 Å². The number of aromatic nitrogens is 3. The third-order valence-electron chi connectivity index (χ3n) is 6.54. The SMILES string of the molecule is CN(C)C1CCC(Oc2ncnc3sc4c(c23)[C@@H](CCc2ncco2)CC4)CC1.S. The average Bonchev–Trinajstić information content (AvgIpc) is 3.44. The average molecular weight is 447 g/mol. The fraction of sp³-hybridized carbons (Fsp3) is 0.591. The van der Waals surface area contributed by atoms with Crippen molar-refractivity contribution in [3.63, 3.8) is 0 Å². The maximum absolute atomic E-state index is 6.49. The van der Waals surface area contributed by atoms with Crippen molar-refractivity contribution < 1.29 is 9.15 Å². The first-order chi connectivity index (χ1) is 14.2. The smallest absolute Gasteiger partial charge is 0.225 e. The van der Waals surface area contributed by atoms with Crippen molar-refractivity contribution in [1.29, 1.82) is 0 Å². The monoisotopic (exact) mass is 446 g/mol. The van der Waals surface area contributed by atoms with Crippen LogP contribution in [0.1, 0.15) is 60.8 Å². The van der Waals surface area contributed by atoms with Crippen molar-refractivity contribution in [2.45, 2.75) is 69.4 Å². The van der Waals surface area contributed by atoms with Crippen molar-refractivity contribution >= 4 is 35.0 Å². The van der Waals surface area contributed by atoms with E-state index in [-0.39, 0.29) is 19.6 Å². The lowest BCUT2D eigenvalue weighted by molar-refractivity contribution is 0.108. The highest BCUT2D eigenvalue weighted by Gasteiger charge is 2.31. The van der Waals surface area contributed by atoms with Gasteiger partial charge in [0, 0.05) is 17.3 Å². The quantitative estimate of drug-likeness (QED) is 0.547. The van der Waals surface area contributed by atoms with Crippen LogP contribution in [0.3, 0.4) is 0 Å². The summed E-state index contributed by atoms with van der Waals surface area (Å²) in [7, 11) is 4.35. The molecule has 3 aromatic rings. The minimum absolute atomic E-state index is 0. The highest BCUT2D eigenvalue weighted by Crippen LogP contribution is 2.47. The highest BCUT2D eigenvalue weighted by molar-refractivity contribution is 7.59. The number of thiophene rings is 1. The van der Waals surface area contributed by atoms with E-state index in [1.807, 2.05) is 11.3 Å². The number of ether oxygens (including phenoxy) is 1. The molecule has 1 fully saturated rings. The van der Waals surface area contributed by atoms with Crippen LogP contribution in [0.15, 0.2) is 23.2 Å². The van der Waals surface area contributed by atoms with Crippen molar-refractivity contribution in [1.82, 2.24) is 19.9 Å². The van der Waals surface area contributed by atoms with Gasteiger partial charge in [-0.3, -0.25) is 0 Å². The summed E-state index contributed by atoms with van der Waals surface area (Å²) in [4.78, 5) is 18.3. The standard InChI is InChI=1S/C22H28N4O2S.H2S/c1-26(2)15-5-7-16(8-6-15)28-21-20-19-14(4-10-18-23-11-12-27-18)3-9-17(19)29-22(20)25-13-24-21;/h11-16H,3-10H2,1-2H3;1H2/t14-,15?,16?;/m1./s1. The van der Waals surface area contributed by atoms with E-state index in [9.17, 15) is 0 Å². The lowest BCUT2D eigenvalue weighted by Gasteiger charge is -2.32. The Balaban J connectivity index is 0.00000218. The largest absolute Gasteiger partial charge is 0.474 e. The Kier molecular flexibility index (Phi) is 6.65. The molecule has 8 heteroatoms. The molecule has 1 saturated carbocycles. The van der Waals surface area contributed by atoms with Crippen LogP contribution in [0.2, 0.25) is 0 Å². The lowest BCUT2D eigenvalue weighted by atomic mass is 9.92. The normalized spacial score (nSPS) is 23.5. The van der Waals surface area contributed by atoms with E-state index in [4.69, 9.17) is 9.15 Å². The van der Waals surface area contributed by atoms with Gasteiger partial charge in [-0.05, 0) is 70.5 Å². The number of fused-ring (bicyclic) bond motifs is 3. The summed E-state index contributed by atoms with van der Waals surface area (Å²) in [5, 5.41) is 1.16. The first-order valence-electron chi connectivity index (χ1n) is 10.7. The Morgan fingerprint density at radius 3 is 2.70 bits per heavy atom. The molecule has 0 spiro atoms. The van der Waals surface area contributed by atoms with Crippen molar-refractivity contribution in [2.24, 2.45) is 0 Å². The molecular formula is C22H30N4O2S2. The zero-order chi connectivity index (χ0) is 19.8. The first kappa shape index (κ1) is 21.6. The zero-order valence-corrected chi connectivity index (χ0v) is 19.5. The number of nitrogens with zero attached hydrogens (tertiary/aromatic N) is 4. The minimum Gasteiger partial charge on any atom is -0.474 e. The van der Waals surface area contributed by atoms with Crippen molar-refractivity contribution in [3.05, 3.63) is 35.1 Å². The summed E-state index contributed by atoms with van der Waals surface area (Å²) >= 11 is 1.82. The molecule has 162 valence electrons. The molecule has 3 heterocycles. The van der Waals surface area contributed by atoms with E-state index in [1.54, 1.807) is 18.8 Å². The summed E-state index contributed by atoms with van der Waals surface area (Å²) in [6, 6.07) is 0.672. The minimum atomic E-state index is 0. The molecule has 0 saturated heterocycles. The number of oxazole rings is 1. The molecule has 0 aliphatic heterocycles. The predicted molar refractivity (Wildman–Crippen MR) is 124 cm³/mol. The van der Waals surface area contributed by atoms with Gasteiger partial charge in [0.25, 0.3) is 0 Å². The lowest BCUT2D eigenvalue weighted by Crippen LogP contribution is -2.35. The summed E-state index contributed by atoms with van der Waals surface area (Å²) in [6.45, 7) is 0. The maximum Gasteiger partial charge on any atom is 0.225 e. The van der Waals surface area contributed by atoms with E-state index in [2.05, 4.69) is 33.9 Å². The van der Waals surface area contributed by atoms with Crippen LogP contribution in [0.25, 0.3) is 10.2 Å². The van der Waals surface area contributed by atoms with Gasteiger partial charge in [0.2, 0.25) is 5.88 Å². The Morgan fingerprint density at radius 2 is 1.97 bits per heavy atom. The molecule has 0 aromatic carbocycles. The number of hydrogen-bond donors (Lipinski definition) is 0. The van der Waals surface area contributed by atoms with Crippen LogP contribution in [0, 0.1) is 0 Å². The van der Waals surface area contributed by atoms with Gasteiger partial charge in [0.15, 0.2) is 5.89 Å². The molecule has 5 rings (SSSR count). The van der Waals surface area contributed by atoms with Gasteiger partial charge in [-0.2, -0.15) is 13.5 Å². The van der Waals surface area contributed by atoms with Gasteiger partial charge in [-0.15, -0.1) is 11.3 Å². The molecule has 0 unspecified atom stereocenters. The van der Waals surface area contributed by atoms with Gasteiger partial charge in [-0.25, -0.2) is 15.0 Å². The second-order valence-corrected chi connectivity index (χ2v) is 9.59. The highest BCUT2D eigenvalue weighted by atomic mass is 32.1. The number of rotatable bonds is 6. The van der Waals surface area contributed by atoms with Crippen LogP contribution >= 0.6 is 24.8 Å². The Hall–Kier alpha value is -1.64. The number of aryl methyl sites for hydroxylation is 2. The Labute approximate surface area is 188 Å². The van der Waals surface area contributed by atoms with Gasteiger partial charge >= 0.3 is 0 Å². The molecule has 2 aliphatic carbocycles. The summed E-state index contributed by atoms with van der Waals surface area (Å²) in [6.07, 6.45) is 14.1. The molecule has 2 aliphatic rings. The fourth-order valence-corrected chi connectivity index (χ4v) is 6.16. The van der Waals surface area contributed by atoms with E-state index in [0.717, 1.165) is 54.1 Å². The predicted octanol–water partition coefficient (Wildman–Crippen LogP) is 4.71. The number of hydrogen-bond acceptors (Lipinski definition) is 7. The Morgan fingerprint density at radius 1 is 1.13 bits per heavy atom. The van der Waals surface area contributed by atoms with Gasteiger partial charge in [0.1, 0.15) is 23.5 Å². The molecule has 0 bridgehead atoms. The molecule has 30 heavy (non-hydrogen) atoms. The van der Waals surface area contributed by atoms with Gasteiger partial charge in [0.05, 0.1) is 11.6 Å². The van der Waals surface area contributed by atoms with Crippen LogP contribution in [-0.4, -0.2) is 46.1 Å². The van der Waals surface area contributed by atoms with Crippen LogP contribution in [0.4, 0.5) is 0 Å². The van der Waals surface area contributed by atoms with E-state index >= 15 is 0 Å². The molecular weight excluding hydrogens is 416 g/mol. The third-order valence-corrected chi connectivity index (χ3v) is 7.71. The van der Waals surface area contributed by atoms with Crippen molar-refractivity contribution in [3.8, 4) is 5.88 Å². The van der Waals surface area contributed by atoms with E-state index in [1.165, 1.54) is 29.7 Å². The topological polar surface area (TPSA) is 64.3 Å². The van der Waals surface area contributed by atoms with Gasteiger partial charge in [-0.1, -0.05) is 0 Å². The van der Waals surface area contributed by atoms with Crippen LogP contribution in [-0.2, 0) is 12.8 Å². The third kappa shape index (κ3) is 4.22. The maximum atomic E-state index is 6.49. The zero-order valence-electron chi connectivity index (χ0n) is 17.6. The second-order valence-electron chi connectivity index (χ2n) is 8.51. The van der Waals surface area contributed by atoms with Crippen molar-refractivity contribution in [2.75, 3.05) is 14.1 Å². The summed E-state index contributed by atoms with van der Waals surface area (Å²) in [5.41, 5.74) is 1.43. The molecule has 0 amide bonds. The molecule has 0 N–H and O–H groups in total. The molecule has 0 radical (unpaired) electrons.